The molecule has 6 heteroatoms. The molecule has 0 amide bonds. The first-order valence-electron chi connectivity index (χ1n) is 8.10. The molecule has 1 N–H and O–H groups in total. The maximum atomic E-state index is 12.9. The summed E-state index contributed by atoms with van der Waals surface area (Å²) >= 11 is 0. The largest absolute Gasteiger partial charge is 0.469 e. The number of ketones is 1. The summed E-state index contributed by atoms with van der Waals surface area (Å²) in [7, 11) is 0. The molecule has 126 valence electrons. The molecular weight excluding hydrogens is 321 g/mol. The van der Waals surface area contributed by atoms with E-state index in [1.165, 1.54) is 12.1 Å². The minimum absolute atomic E-state index is 0.00912. The van der Waals surface area contributed by atoms with Crippen LogP contribution in [0.3, 0.4) is 0 Å². The van der Waals surface area contributed by atoms with Crippen LogP contribution in [0.25, 0.3) is 0 Å². The molecule has 0 saturated heterocycles. The predicted octanol–water partition coefficient (Wildman–Crippen LogP) is 3.73. The standard InChI is InChI=1S/C19H16FN3O2/c20-14-5-3-12(4-6-14)10-21-19-22-11-15-16(23-19)8-13(9-17(15)24)18-2-1-7-25-18/h1-7,11,13H,8-10H2,(H,21,22,23). The Morgan fingerprint density at radius 3 is 2.80 bits per heavy atom. The van der Waals surface area contributed by atoms with Gasteiger partial charge >= 0.3 is 0 Å². The van der Waals surface area contributed by atoms with E-state index in [4.69, 9.17) is 4.42 Å². The second kappa shape index (κ2) is 6.47. The fraction of sp³-hybridized carbons (Fsp3) is 0.211. The van der Waals surface area contributed by atoms with Gasteiger partial charge in [0.2, 0.25) is 5.95 Å². The maximum absolute atomic E-state index is 12.9. The second-order valence-electron chi connectivity index (χ2n) is 6.08. The van der Waals surface area contributed by atoms with Gasteiger partial charge < -0.3 is 9.73 Å². The zero-order chi connectivity index (χ0) is 17.2. The Bertz CT molecular complexity index is 892. The van der Waals surface area contributed by atoms with Gasteiger partial charge in [0.05, 0.1) is 17.5 Å². The van der Waals surface area contributed by atoms with E-state index >= 15 is 0 Å². The summed E-state index contributed by atoms with van der Waals surface area (Å²) in [5, 5.41) is 3.12. The van der Waals surface area contributed by atoms with Crippen molar-refractivity contribution >= 4 is 11.7 Å². The van der Waals surface area contributed by atoms with Crippen molar-refractivity contribution in [3.63, 3.8) is 0 Å². The number of nitrogens with zero attached hydrogens (tertiary/aromatic N) is 2. The number of aromatic nitrogens is 2. The Morgan fingerprint density at radius 2 is 2.04 bits per heavy atom. The molecule has 0 spiro atoms. The van der Waals surface area contributed by atoms with E-state index in [0.717, 1.165) is 17.0 Å². The molecule has 0 radical (unpaired) electrons. The number of carbonyl (C=O) groups excluding carboxylic acids is 1. The van der Waals surface area contributed by atoms with Gasteiger partial charge in [0.15, 0.2) is 5.78 Å². The predicted molar refractivity (Wildman–Crippen MR) is 89.9 cm³/mol. The summed E-state index contributed by atoms with van der Waals surface area (Å²) in [6.45, 7) is 0.481. The topological polar surface area (TPSA) is 68.0 Å². The van der Waals surface area contributed by atoms with Crippen LogP contribution in [-0.4, -0.2) is 15.8 Å². The van der Waals surface area contributed by atoms with Crippen molar-refractivity contribution < 1.29 is 13.6 Å². The Morgan fingerprint density at radius 1 is 1.20 bits per heavy atom. The van der Waals surface area contributed by atoms with Gasteiger partial charge in [-0.2, -0.15) is 0 Å². The molecular formula is C19H16FN3O2. The number of Topliss-reactive ketones (excluding diaryl/α,β-unsaturated/α-hetero) is 1. The van der Waals surface area contributed by atoms with Crippen LogP contribution < -0.4 is 5.32 Å². The summed E-state index contributed by atoms with van der Waals surface area (Å²) in [5.41, 5.74) is 2.23. The van der Waals surface area contributed by atoms with Gasteiger partial charge in [-0.3, -0.25) is 4.79 Å². The van der Waals surface area contributed by atoms with Crippen LogP contribution in [0.5, 0.6) is 0 Å². The summed E-state index contributed by atoms with van der Waals surface area (Å²) in [4.78, 5) is 21.1. The van der Waals surface area contributed by atoms with Crippen molar-refractivity contribution in [1.82, 2.24) is 9.97 Å². The molecule has 0 fully saturated rings. The Balaban J connectivity index is 1.52. The molecule has 0 bridgehead atoms. The molecule has 1 unspecified atom stereocenters. The first kappa shape index (κ1) is 15.5. The molecule has 1 aliphatic carbocycles. The number of rotatable bonds is 4. The van der Waals surface area contributed by atoms with E-state index in [-0.39, 0.29) is 17.5 Å². The van der Waals surface area contributed by atoms with E-state index in [9.17, 15) is 9.18 Å². The number of fused-ring (bicyclic) bond motifs is 1. The first-order chi connectivity index (χ1) is 12.2. The summed E-state index contributed by atoms with van der Waals surface area (Å²) in [6.07, 6.45) is 4.25. The highest BCUT2D eigenvalue weighted by molar-refractivity contribution is 5.98. The third kappa shape index (κ3) is 3.28. The van der Waals surface area contributed by atoms with Crippen LogP contribution in [0, 0.1) is 5.82 Å². The number of benzene rings is 1. The van der Waals surface area contributed by atoms with Gasteiger partial charge in [0.25, 0.3) is 0 Å². The van der Waals surface area contributed by atoms with Crippen molar-refractivity contribution in [2.24, 2.45) is 0 Å². The third-order valence-electron chi connectivity index (χ3n) is 4.35. The van der Waals surface area contributed by atoms with E-state index in [2.05, 4.69) is 15.3 Å². The van der Waals surface area contributed by atoms with Crippen LogP contribution >= 0.6 is 0 Å². The highest BCUT2D eigenvalue weighted by Crippen LogP contribution is 2.32. The number of halogens is 1. The first-order valence-corrected chi connectivity index (χ1v) is 8.10. The van der Waals surface area contributed by atoms with Crippen LogP contribution in [0.2, 0.25) is 0 Å². The van der Waals surface area contributed by atoms with Crippen molar-refractivity contribution in [2.45, 2.75) is 25.3 Å². The normalized spacial score (nSPS) is 16.5. The fourth-order valence-corrected chi connectivity index (χ4v) is 3.04. The molecule has 5 nitrogen and oxygen atoms in total. The Labute approximate surface area is 143 Å². The highest BCUT2D eigenvalue weighted by Gasteiger charge is 2.29. The van der Waals surface area contributed by atoms with Gasteiger partial charge in [0, 0.05) is 31.5 Å². The molecule has 0 aliphatic heterocycles. The molecule has 2 aromatic heterocycles. The third-order valence-corrected chi connectivity index (χ3v) is 4.35. The number of nitrogens with one attached hydrogen (secondary N) is 1. The van der Waals surface area contributed by atoms with Crippen molar-refractivity contribution in [1.29, 1.82) is 0 Å². The van der Waals surface area contributed by atoms with Gasteiger partial charge in [0.1, 0.15) is 11.6 Å². The summed E-state index contributed by atoms with van der Waals surface area (Å²) < 4.78 is 18.4. The monoisotopic (exact) mass is 337 g/mol. The number of hydrogen-bond acceptors (Lipinski definition) is 5. The molecule has 3 aromatic rings. The van der Waals surface area contributed by atoms with Crippen molar-refractivity contribution in [3.05, 3.63) is 77.3 Å². The molecule has 1 aromatic carbocycles. The lowest BCUT2D eigenvalue weighted by atomic mass is 9.85. The Kier molecular flexibility index (Phi) is 4.01. The molecule has 2 heterocycles. The van der Waals surface area contributed by atoms with Crippen molar-refractivity contribution in [2.75, 3.05) is 5.32 Å². The zero-order valence-electron chi connectivity index (χ0n) is 13.4. The molecule has 1 atom stereocenters. The van der Waals surface area contributed by atoms with E-state index in [1.54, 1.807) is 24.6 Å². The molecule has 4 rings (SSSR count). The molecule has 1 aliphatic rings. The maximum Gasteiger partial charge on any atom is 0.223 e. The van der Waals surface area contributed by atoms with E-state index < -0.39 is 0 Å². The van der Waals surface area contributed by atoms with Gasteiger partial charge in [-0.1, -0.05) is 12.1 Å². The lowest BCUT2D eigenvalue weighted by Gasteiger charge is -2.21. The van der Waals surface area contributed by atoms with E-state index in [0.29, 0.717) is 30.9 Å². The number of furan rings is 1. The van der Waals surface area contributed by atoms with Crippen LogP contribution in [0.4, 0.5) is 10.3 Å². The number of anilines is 1. The van der Waals surface area contributed by atoms with Crippen LogP contribution in [0.1, 0.15) is 39.7 Å². The van der Waals surface area contributed by atoms with Crippen LogP contribution in [0.15, 0.2) is 53.3 Å². The average molecular weight is 337 g/mol. The van der Waals surface area contributed by atoms with E-state index in [1.807, 2.05) is 12.1 Å². The number of hydrogen-bond donors (Lipinski definition) is 1. The molecule has 0 saturated carbocycles. The minimum Gasteiger partial charge on any atom is -0.469 e. The number of carbonyl (C=O) groups is 1. The summed E-state index contributed by atoms with van der Waals surface area (Å²) in [5.74, 6) is 1.04. The zero-order valence-corrected chi connectivity index (χ0v) is 13.4. The van der Waals surface area contributed by atoms with Gasteiger partial charge in [-0.25, -0.2) is 14.4 Å². The van der Waals surface area contributed by atoms with Crippen molar-refractivity contribution in [3.8, 4) is 0 Å². The average Bonchev–Trinajstić information content (AvgIpc) is 3.15. The van der Waals surface area contributed by atoms with Crippen LogP contribution in [-0.2, 0) is 13.0 Å². The van der Waals surface area contributed by atoms with Gasteiger partial charge in [-0.15, -0.1) is 0 Å². The van der Waals surface area contributed by atoms with Gasteiger partial charge in [-0.05, 0) is 29.8 Å². The minimum atomic E-state index is -0.267. The second-order valence-corrected chi connectivity index (χ2v) is 6.08. The lowest BCUT2D eigenvalue weighted by Crippen LogP contribution is -2.21. The fourth-order valence-electron chi connectivity index (χ4n) is 3.04. The summed E-state index contributed by atoms with van der Waals surface area (Å²) in [6, 6.07) is 9.95. The highest BCUT2D eigenvalue weighted by atomic mass is 19.1. The SMILES string of the molecule is O=C1CC(c2ccco2)Cc2nc(NCc3ccc(F)cc3)ncc21. The molecule has 25 heavy (non-hydrogen) atoms. The smallest absolute Gasteiger partial charge is 0.223 e. The Hall–Kier alpha value is -3.02. The lowest BCUT2D eigenvalue weighted by molar-refractivity contribution is 0.0958. The quantitative estimate of drug-likeness (QED) is 0.785.